The average Bonchev–Trinajstić information content (AvgIpc) is 3.26. The maximum absolute atomic E-state index is 10.5. The highest BCUT2D eigenvalue weighted by Crippen LogP contribution is 2.36. The van der Waals surface area contributed by atoms with Crippen LogP contribution in [0.1, 0.15) is 26.2 Å². The molecule has 16 nitrogen and oxygen atoms in total. The molecule has 3 saturated heterocycles. The second kappa shape index (κ2) is 15.2. The molecule has 4 rings (SSSR count). The molecule has 3 heterocycles. The highest BCUT2D eigenvalue weighted by atomic mass is 16.8. The number of hydrogen-bond donors (Lipinski definition) is 10. The van der Waals surface area contributed by atoms with Gasteiger partial charge in [-0.2, -0.15) is 0 Å². The van der Waals surface area contributed by atoms with Gasteiger partial charge in [0.2, 0.25) is 5.79 Å². The zero-order valence-electron chi connectivity index (χ0n) is 24.4. The van der Waals surface area contributed by atoms with Gasteiger partial charge >= 0.3 is 0 Å². The van der Waals surface area contributed by atoms with E-state index in [0.29, 0.717) is 5.92 Å². The molecule has 44 heavy (non-hydrogen) atoms. The monoisotopic (exact) mass is 638 g/mol. The summed E-state index contributed by atoms with van der Waals surface area (Å²) in [6.45, 7) is 3.76. The molecule has 10 N–H and O–H groups in total. The summed E-state index contributed by atoms with van der Waals surface area (Å²) in [5.41, 5.74) is 2.21. The minimum Gasteiger partial charge on any atom is -0.394 e. The third-order valence-corrected chi connectivity index (χ3v) is 8.76. The van der Waals surface area contributed by atoms with Crippen LogP contribution in [0, 0.1) is 5.92 Å². The summed E-state index contributed by atoms with van der Waals surface area (Å²) in [6, 6.07) is 0. The van der Waals surface area contributed by atoms with Gasteiger partial charge in [-0.15, -0.1) is 0 Å². The Kier molecular flexibility index (Phi) is 12.3. The van der Waals surface area contributed by atoms with Gasteiger partial charge in [0, 0.05) is 0 Å². The van der Waals surface area contributed by atoms with E-state index >= 15 is 0 Å². The summed E-state index contributed by atoms with van der Waals surface area (Å²) >= 11 is 0. The molecular weight excluding hydrogens is 592 g/mol. The second-order valence-corrected chi connectivity index (χ2v) is 11.9. The second-order valence-electron chi connectivity index (χ2n) is 11.9. The highest BCUT2D eigenvalue weighted by molar-refractivity contribution is 5.12. The molecular formula is C28H46O16. The fraction of sp³-hybridized carbons (Fsp3) is 0.857. The van der Waals surface area contributed by atoms with Gasteiger partial charge in [-0.3, -0.25) is 0 Å². The fourth-order valence-corrected chi connectivity index (χ4v) is 5.77. The van der Waals surface area contributed by atoms with Crippen molar-refractivity contribution in [2.24, 2.45) is 5.92 Å². The van der Waals surface area contributed by atoms with Gasteiger partial charge in [0.05, 0.1) is 26.4 Å². The van der Waals surface area contributed by atoms with Crippen molar-refractivity contribution >= 4 is 0 Å². The summed E-state index contributed by atoms with van der Waals surface area (Å²) in [5, 5.41) is 103. The summed E-state index contributed by atoms with van der Waals surface area (Å²) in [7, 11) is 0. The maximum Gasteiger partial charge on any atom is 0.224 e. The molecule has 0 saturated carbocycles. The number of ether oxygens (including phenoxy) is 6. The van der Waals surface area contributed by atoms with E-state index in [1.54, 1.807) is 0 Å². The van der Waals surface area contributed by atoms with E-state index in [2.05, 4.69) is 12.7 Å². The Bertz CT molecular complexity index is 981. The molecule has 0 aromatic rings. The Hall–Kier alpha value is -1.16. The van der Waals surface area contributed by atoms with Crippen LogP contribution in [0.4, 0.5) is 0 Å². The molecule has 0 aromatic heterocycles. The summed E-state index contributed by atoms with van der Waals surface area (Å²) in [4.78, 5) is 0. The van der Waals surface area contributed by atoms with Crippen molar-refractivity contribution in [3.05, 3.63) is 23.8 Å². The quantitative estimate of drug-likeness (QED) is 0.0908. The van der Waals surface area contributed by atoms with Gasteiger partial charge in [0.15, 0.2) is 12.6 Å². The first kappa shape index (κ1) is 35.7. The Balaban J connectivity index is 1.34. The van der Waals surface area contributed by atoms with Gasteiger partial charge in [-0.1, -0.05) is 18.2 Å². The van der Waals surface area contributed by atoms with Crippen molar-refractivity contribution in [2.45, 2.75) is 112 Å². The van der Waals surface area contributed by atoms with Gasteiger partial charge in [-0.05, 0) is 37.7 Å². The molecule has 3 aliphatic heterocycles. The normalized spacial score (nSPS) is 46.6. The highest BCUT2D eigenvalue weighted by Gasteiger charge is 2.58. The largest absolute Gasteiger partial charge is 0.394 e. The summed E-state index contributed by atoms with van der Waals surface area (Å²) in [6.07, 6.45) is -16.6. The summed E-state index contributed by atoms with van der Waals surface area (Å²) in [5.74, 6) is -1.93. The number of allylic oxidation sites excluding steroid dienone is 2. The molecule has 0 radical (unpaired) electrons. The number of aliphatic hydroxyl groups is 10. The first-order valence-electron chi connectivity index (χ1n) is 14.7. The summed E-state index contributed by atoms with van der Waals surface area (Å²) < 4.78 is 33.2. The molecule has 254 valence electrons. The Morgan fingerprint density at radius 1 is 0.841 bits per heavy atom. The lowest BCUT2D eigenvalue weighted by molar-refractivity contribution is -0.388. The number of hydrogen-bond acceptors (Lipinski definition) is 16. The predicted molar refractivity (Wildman–Crippen MR) is 145 cm³/mol. The van der Waals surface area contributed by atoms with Crippen molar-refractivity contribution in [1.29, 1.82) is 0 Å². The zero-order valence-corrected chi connectivity index (χ0v) is 24.4. The van der Waals surface area contributed by atoms with Crippen LogP contribution in [0.2, 0.25) is 0 Å². The van der Waals surface area contributed by atoms with E-state index in [1.807, 2.05) is 6.92 Å². The van der Waals surface area contributed by atoms with Crippen LogP contribution in [0.3, 0.4) is 0 Å². The van der Waals surface area contributed by atoms with Crippen molar-refractivity contribution in [3.8, 4) is 0 Å². The van der Waals surface area contributed by atoms with Crippen LogP contribution < -0.4 is 0 Å². The van der Waals surface area contributed by atoms with E-state index in [0.717, 1.165) is 30.4 Å². The number of aliphatic hydroxyl groups excluding tert-OH is 10. The van der Waals surface area contributed by atoms with Crippen LogP contribution in [0.15, 0.2) is 23.8 Å². The molecule has 4 aliphatic rings. The van der Waals surface area contributed by atoms with E-state index < -0.39 is 105 Å². The predicted octanol–water partition coefficient (Wildman–Crippen LogP) is -4.24. The molecule has 0 amide bonds. The maximum atomic E-state index is 10.5. The van der Waals surface area contributed by atoms with Crippen molar-refractivity contribution in [3.63, 3.8) is 0 Å². The van der Waals surface area contributed by atoms with Crippen LogP contribution >= 0.6 is 0 Å². The molecule has 0 bridgehead atoms. The minimum absolute atomic E-state index is 0.137. The van der Waals surface area contributed by atoms with E-state index in [9.17, 15) is 51.1 Å². The minimum atomic E-state index is -2.36. The molecule has 3 fully saturated rings. The van der Waals surface area contributed by atoms with Crippen LogP contribution in [-0.2, 0) is 28.4 Å². The van der Waals surface area contributed by atoms with Crippen LogP contribution in [0.5, 0.6) is 0 Å². The molecule has 0 aromatic carbocycles. The topological polar surface area (TPSA) is 258 Å². The first-order valence-corrected chi connectivity index (χ1v) is 14.7. The third-order valence-electron chi connectivity index (χ3n) is 8.76. The van der Waals surface area contributed by atoms with Gasteiger partial charge in [-0.25, -0.2) is 0 Å². The average molecular weight is 639 g/mol. The Morgan fingerprint density at radius 2 is 1.45 bits per heavy atom. The lowest BCUT2D eigenvalue weighted by Crippen LogP contribution is -2.63. The standard InChI is InChI=1S/C28H46O16/c1-12(2)14-5-3-13(4-6-14)8-39-9-16-18(31)21(34)23(36)26(41-16)40-10-17-19(32)22(35)24(37)27(42-17)44-28(11-30)25(38)20(33)15(7-29)43-28/h3,14-27,29-38H,1,4-11H2,2H3/t14?,15-,16-,17+,18+,19-,20-,21+,22+,23-,24-,25+,26+,27-,28-/m1/s1. The fourth-order valence-electron chi connectivity index (χ4n) is 5.77. The third kappa shape index (κ3) is 7.52. The van der Waals surface area contributed by atoms with Crippen molar-refractivity contribution in [1.82, 2.24) is 0 Å². The van der Waals surface area contributed by atoms with Gasteiger partial charge in [0.1, 0.15) is 73.8 Å². The molecule has 15 atom stereocenters. The smallest absolute Gasteiger partial charge is 0.224 e. The Morgan fingerprint density at radius 3 is 2.00 bits per heavy atom. The van der Waals surface area contributed by atoms with Crippen LogP contribution in [-0.4, -0.2) is 170 Å². The molecule has 1 unspecified atom stereocenters. The Labute approximate surface area is 254 Å². The van der Waals surface area contributed by atoms with E-state index in [4.69, 9.17) is 28.4 Å². The van der Waals surface area contributed by atoms with Gasteiger partial charge in [0.25, 0.3) is 0 Å². The lowest BCUT2D eigenvalue weighted by Gasteiger charge is -2.44. The first-order chi connectivity index (χ1) is 20.8. The van der Waals surface area contributed by atoms with E-state index in [1.165, 1.54) is 0 Å². The van der Waals surface area contributed by atoms with Crippen LogP contribution in [0.25, 0.3) is 0 Å². The lowest BCUT2D eigenvalue weighted by atomic mass is 9.86. The van der Waals surface area contributed by atoms with Crippen molar-refractivity contribution < 1.29 is 79.5 Å². The molecule has 0 spiro atoms. The number of rotatable bonds is 12. The molecule has 1 aliphatic carbocycles. The van der Waals surface area contributed by atoms with Crippen molar-refractivity contribution in [2.75, 3.05) is 33.0 Å². The SMILES string of the molecule is C=C(C)C1CC=C(COC[C@H]2O[C@H](OC[C@@H]3O[C@H](O[C@@]4(CO)O[C@H](CO)[C@@H](O)[C@@H]4O)[C@H](O)[C@@H](O)[C@@H]3O)[C@H](O)[C@@H](O)[C@H]2O)CC1. The zero-order chi connectivity index (χ0) is 32.3. The van der Waals surface area contributed by atoms with E-state index in [-0.39, 0.29) is 13.2 Å². The van der Waals surface area contributed by atoms with Gasteiger partial charge < -0.3 is 79.5 Å². The molecule has 16 heteroatoms.